The Morgan fingerprint density at radius 3 is 1.06 bits per heavy atom. The molecule has 0 unspecified atom stereocenters. The molecule has 0 saturated carbocycles. The van der Waals surface area contributed by atoms with Crippen LogP contribution in [0.25, 0.3) is 120 Å². The van der Waals surface area contributed by atoms with Gasteiger partial charge in [-0.15, -0.1) is 0 Å². The zero-order valence-corrected chi connectivity index (χ0v) is 53.8. The smallest absolute Gasteiger partial charge is 0.0467 e. The molecule has 3 radical (unpaired) electrons. The van der Waals surface area contributed by atoms with Crippen LogP contribution >= 0.6 is 11.6 Å². The van der Waals surface area contributed by atoms with E-state index in [0.717, 1.165) is 33.3 Å². The van der Waals surface area contributed by atoms with Gasteiger partial charge in [0, 0.05) is 49.9 Å². The molecule has 4 heteroatoms. The molecule has 95 heavy (non-hydrogen) atoms. The average Bonchev–Trinajstić information content (AvgIpc) is 1.59. The predicted molar refractivity (Wildman–Crippen MR) is 417 cm³/mol. The van der Waals surface area contributed by atoms with Crippen LogP contribution in [0.4, 0.5) is 22.7 Å². The van der Waals surface area contributed by atoms with E-state index in [1.165, 1.54) is 137 Å². The molecular weight excluding hydrogens is 1170 g/mol. The van der Waals surface area contributed by atoms with Gasteiger partial charge in [-0.2, -0.15) is 0 Å². The lowest BCUT2D eigenvalue weighted by Crippen LogP contribution is -2.16. The van der Waals surface area contributed by atoms with Crippen LogP contribution in [-0.4, -0.2) is 8.41 Å². The van der Waals surface area contributed by atoms with Crippen LogP contribution in [0.5, 0.6) is 0 Å². The van der Waals surface area contributed by atoms with Crippen molar-refractivity contribution in [2.75, 3.05) is 10.6 Å². The molecule has 16 aromatic rings. The summed E-state index contributed by atoms with van der Waals surface area (Å²) in [6, 6.07) is 116. The molecule has 0 saturated heterocycles. The van der Waals surface area contributed by atoms with Gasteiger partial charge in [-0.05, 0) is 221 Å². The largest absolute Gasteiger partial charge is 0.399 e. The van der Waals surface area contributed by atoms with Gasteiger partial charge in [0.05, 0.1) is 0 Å². The molecule has 0 bridgehead atoms. The molecule has 0 aliphatic heterocycles. The molecule has 16 aromatic carbocycles. The van der Waals surface area contributed by atoms with Gasteiger partial charge in [0.2, 0.25) is 0 Å². The standard InChI is InChI=1S/C55H39N.C20H13Cl.C15H15N.CH4.B.2H2/c1-55(2)53-20-8-7-19-51(53)52-30-27-46(35-54(52)55)56(44-15-9-13-38(33-44)40-25-28-49-42(31-40)23-21-36-11-3-5-17-47(36)49)45-16-10-14-39(34-45)41-26-29-50-43(32-41)24-22-37-12-4-6-18-48(37)50;21-18-6-3-5-15(13-18)16-10-11-20-17(12-16)9-8-14-4-1-2-7-19(14)20;1-15(2)13-6-4-3-5-11(13)12-8-7-10(16)9-14(12)15;;;;/h3-35H,1-2H3;1-13H;3-9H,16H2,1-2H3;1H4;;2*1H. The number of rotatable bonds is 6. The first-order valence-corrected chi connectivity index (χ1v) is 32.5. The fourth-order valence-corrected chi connectivity index (χ4v) is 15.1. The minimum Gasteiger partial charge on any atom is -0.399 e. The Morgan fingerprint density at radius 1 is 0.274 bits per heavy atom. The summed E-state index contributed by atoms with van der Waals surface area (Å²) in [5, 5.41) is 16.1. The van der Waals surface area contributed by atoms with Gasteiger partial charge in [-0.3, -0.25) is 0 Å². The summed E-state index contributed by atoms with van der Waals surface area (Å²) in [7, 11) is 0. The molecule has 2 aliphatic rings. The molecule has 18 rings (SSSR count). The van der Waals surface area contributed by atoms with Crippen molar-refractivity contribution in [2.45, 2.75) is 46.0 Å². The number of nitrogens with zero attached hydrogens (tertiary/aromatic N) is 1. The number of fused-ring (bicyclic) bond motifs is 15. The zero-order valence-electron chi connectivity index (χ0n) is 53.1. The van der Waals surface area contributed by atoms with Gasteiger partial charge in [-0.1, -0.05) is 289 Å². The highest BCUT2D eigenvalue weighted by molar-refractivity contribution is 6.31. The van der Waals surface area contributed by atoms with Crippen molar-refractivity contribution in [1.82, 2.24) is 0 Å². The van der Waals surface area contributed by atoms with Gasteiger partial charge in [0.1, 0.15) is 0 Å². The number of halogens is 1. The second-order valence-corrected chi connectivity index (χ2v) is 26.4. The van der Waals surface area contributed by atoms with Crippen molar-refractivity contribution in [3.05, 3.63) is 349 Å². The van der Waals surface area contributed by atoms with Crippen molar-refractivity contribution in [3.8, 4) is 55.6 Å². The first-order valence-electron chi connectivity index (χ1n) is 32.2. The molecule has 0 heterocycles. The second-order valence-electron chi connectivity index (χ2n) is 26.0. The van der Waals surface area contributed by atoms with Crippen LogP contribution in [0.1, 0.15) is 60.2 Å². The fraction of sp³-hybridized carbons (Fsp3) is 0.0769. The molecule has 0 spiro atoms. The molecule has 2 N–H and O–H groups in total. The number of anilines is 4. The quantitative estimate of drug-likeness (QED) is 0.102. The van der Waals surface area contributed by atoms with Crippen molar-refractivity contribution >= 4 is 107 Å². The first kappa shape index (κ1) is 61.5. The van der Waals surface area contributed by atoms with E-state index < -0.39 is 0 Å². The van der Waals surface area contributed by atoms with Gasteiger partial charge >= 0.3 is 0 Å². The maximum Gasteiger partial charge on any atom is 0.0467 e. The van der Waals surface area contributed by atoms with Crippen LogP contribution in [0, 0.1) is 0 Å². The van der Waals surface area contributed by atoms with Crippen molar-refractivity contribution < 1.29 is 2.85 Å². The summed E-state index contributed by atoms with van der Waals surface area (Å²) in [5.41, 5.74) is 28.0. The Kier molecular flexibility index (Phi) is 16.1. The Balaban J connectivity index is 0.000000178. The Labute approximate surface area is 567 Å². The molecule has 459 valence electrons. The zero-order chi connectivity index (χ0) is 63.0. The molecule has 0 amide bonds. The molecular formula is C91H75BClN2. The van der Waals surface area contributed by atoms with Crippen molar-refractivity contribution in [3.63, 3.8) is 0 Å². The molecule has 0 atom stereocenters. The Morgan fingerprint density at radius 2 is 0.611 bits per heavy atom. The summed E-state index contributed by atoms with van der Waals surface area (Å²) in [6.45, 7) is 9.24. The van der Waals surface area contributed by atoms with Gasteiger partial charge < -0.3 is 10.6 Å². The summed E-state index contributed by atoms with van der Waals surface area (Å²) < 4.78 is 0. The maximum absolute atomic E-state index is 6.09. The lowest BCUT2D eigenvalue weighted by Gasteiger charge is -2.29. The number of hydrogen-bond donors (Lipinski definition) is 1. The van der Waals surface area contributed by atoms with Gasteiger partial charge in [0.25, 0.3) is 0 Å². The third kappa shape index (κ3) is 11.1. The Hall–Kier alpha value is -11.0. The molecule has 2 aliphatic carbocycles. The lowest BCUT2D eigenvalue weighted by molar-refractivity contribution is 0.660. The summed E-state index contributed by atoms with van der Waals surface area (Å²) in [6.07, 6.45) is 0. The van der Waals surface area contributed by atoms with Crippen LogP contribution in [0.2, 0.25) is 5.02 Å². The van der Waals surface area contributed by atoms with Crippen LogP contribution in [0.3, 0.4) is 0 Å². The third-order valence-electron chi connectivity index (χ3n) is 19.7. The highest BCUT2D eigenvalue weighted by atomic mass is 35.5. The summed E-state index contributed by atoms with van der Waals surface area (Å²) in [5.74, 6) is 0. The van der Waals surface area contributed by atoms with Gasteiger partial charge in [-0.25, -0.2) is 0 Å². The SMILES string of the molecule is C.CC1(C)c2ccccc2-c2ccc(N(c3cccc(-c4ccc5c(ccc6ccccc65)c4)c3)c3cccc(-c4ccc5c(ccc6ccccc65)c4)c3)cc21.CC1(C)c2ccccc2-c2ccc(N)cc21.Clc1cccc(-c2ccc3c(ccc4ccccc43)c2)c1.[B].[HH].[HH]. The van der Waals surface area contributed by atoms with E-state index in [4.69, 9.17) is 17.3 Å². The summed E-state index contributed by atoms with van der Waals surface area (Å²) >= 11 is 6.09. The minimum absolute atomic E-state index is 0. The normalized spacial score (nSPS) is 12.7. The van der Waals surface area contributed by atoms with E-state index in [2.05, 4.69) is 330 Å². The molecule has 2 nitrogen and oxygen atoms in total. The number of benzene rings is 16. The van der Waals surface area contributed by atoms with Crippen LogP contribution < -0.4 is 10.6 Å². The average molecular weight is 1240 g/mol. The second kappa shape index (κ2) is 24.8. The number of nitrogens with two attached hydrogens (primary N) is 1. The predicted octanol–water partition coefficient (Wildman–Crippen LogP) is 26.0. The Bertz CT molecular complexity index is 5490. The minimum atomic E-state index is -0.109. The van der Waals surface area contributed by atoms with Crippen LogP contribution in [-0.2, 0) is 10.8 Å². The fourth-order valence-electron chi connectivity index (χ4n) is 14.9. The first-order chi connectivity index (χ1) is 45.4. The van der Waals surface area contributed by atoms with E-state index in [1.54, 1.807) is 0 Å². The maximum atomic E-state index is 6.09. The topological polar surface area (TPSA) is 29.3 Å². The van der Waals surface area contributed by atoms with Gasteiger partial charge in [0.15, 0.2) is 0 Å². The molecule has 0 fully saturated rings. The van der Waals surface area contributed by atoms with E-state index in [0.29, 0.717) is 0 Å². The molecule has 0 aromatic heterocycles. The van der Waals surface area contributed by atoms with Crippen LogP contribution in [0.15, 0.2) is 322 Å². The number of nitrogen functional groups attached to an aromatic ring is 1. The highest BCUT2D eigenvalue weighted by Crippen LogP contribution is 2.52. The highest BCUT2D eigenvalue weighted by Gasteiger charge is 2.37. The van der Waals surface area contributed by atoms with E-state index in [1.807, 2.05) is 24.3 Å². The monoisotopic (exact) mass is 1240 g/mol. The van der Waals surface area contributed by atoms with E-state index >= 15 is 0 Å². The van der Waals surface area contributed by atoms with Crippen molar-refractivity contribution in [1.29, 1.82) is 0 Å². The lowest BCUT2D eigenvalue weighted by atomic mass is 9.82. The third-order valence-corrected chi connectivity index (χ3v) is 19.9. The van der Waals surface area contributed by atoms with Crippen molar-refractivity contribution in [2.24, 2.45) is 0 Å². The van der Waals surface area contributed by atoms with E-state index in [-0.39, 0.29) is 29.5 Å². The van der Waals surface area contributed by atoms with E-state index in [9.17, 15) is 0 Å². The number of hydrogen-bond acceptors (Lipinski definition) is 2. The summed E-state index contributed by atoms with van der Waals surface area (Å²) in [4.78, 5) is 2.44.